The zero-order valence-electron chi connectivity index (χ0n) is 16.1. The van der Waals surface area contributed by atoms with Crippen molar-refractivity contribution in [3.63, 3.8) is 0 Å². The van der Waals surface area contributed by atoms with Crippen LogP contribution in [0, 0.1) is 0 Å². The fraction of sp³-hybridized carbons (Fsp3) is 0.286. The number of aliphatic hydroxyl groups is 3. The first-order valence-corrected chi connectivity index (χ1v) is 9.27. The van der Waals surface area contributed by atoms with E-state index in [0.717, 1.165) is 6.08 Å². The lowest BCUT2D eigenvalue weighted by Gasteiger charge is -2.39. The predicted octanol–water partition coefficient (Wildman–Crippen LogP) is 0.246. The number of esters is 1. The molecule has 2 aromatic rings. The van der Waals surface area contributed by atoms with E-state index in [1.807, 2.05) is 0 Å². The molecule has 0 amide bonds. The Balaban J connectivity index is 1.58. The molecule has 0 bridgehead atoms. The molecule has 0 radical (unpaired) electrons. The van der Waals surface area contributed by atoms with Crippen LogP contribution in [0.25, 0.3) is 6.08 Å². The number of hydrogen-bond acceptors (Lipinski definition) is 10. The van der Waals surface area contributed by atoms with Gasteiger partial charge in [-0.05, 0) is 48.0 Å². The number of carbonyl (C=O) groups is 1. The van der Waals surface area contributed by atoms with Crippen molar-refractivity contribution in [2.45, 2.75) is 30.7 Å². The van der Waals surface area contributed by atoms with E-state index in [-0.39, 0.29) is 23.0 Å². The average molecular weight is 434 g/mol. The van der Waals surface area contributed by atoms with E-state index in [4.69, 9.17) is 14.2 Å². The number of hydrogen-bond donors (Lipinski definition) is 6. The monoisotopic (exact) mass is 434 g/mol. The highest BCUT2D eigenvalue weighted by atomic mass is 16.7. The Morgan fingerprint density at radius 2 is 1.65 bits per heavy atom. The number of rotatable bonds is 6. The molecule has 5 atom stereocenters. The van der Waals surface area contributed by atoms with Crippen LogP contribution in [0.15, 0.2) is 48.5 Å². The van der Waals surface area contributed by atoms with Crippen LogP contribution in [0.1, 0.15) is 5.56 Å². The van der Waals surface area contributed by atoms with Crippen molar-refractivity contribution in [2.24, 2.45) is 0 Å². The molecule has 6 N–H and O–H groups in total. The number of ether oxygens (including phenoxy) is 3. The van der Waals surface area contributed by atoms with Crippen LogP contribution in [0.2, 0.25) is 0 Å². The third kappa shape index (κ3) is 5.64. The van der Waals surface area contributed by atoms with E-state index in [1.165, 1.54) is 48.5 Å². The summed E-state index contributed by atoms with van der Waals surface area (Å²) in [7, 11) is 0. The van der Waals surface area contributed by atoms with E-state index >= 15 is 0 Å². The van der Waals surface area contributed by atoms with Gasteiger partial charge in [0.1, 0.15) is 42.5 Å². The normalized spacial score (nSPS) is 26.0. The molecule has 1 saturated heterocycles. The maximum absolute atomic E-state index is 11.9. The van der Waals surface area contributed by atoms with E-state index < -0.39 is 43.3 Å². The quantitative estimate of drug-likeness (QED) is 0.211. The van der Waals surface area contributed by atoms with E-state index in [0.29, 0.717) is 5.56 Å². The Hall–Kier alpha value is -3.31. The molecule has 1 heterocycles. The second-order valence-corrected chi connectivity index (χ2v) is 6.84. The summed E-state index contributed by atoms with van der Waals surface area (Å²) in [4.78, 5) is 11.9. The van der Waals surface area contributed by atoms with Gasteiger partial charge in [0.2, 0.25) is 6.29 Å². The van der Waals surface area contributed by atoms with Crippen molar-refractivity contribution in [1.29, 1.82) is 0 Å². The number of aromatic hydroxyl groups is 3. The summed E-state index contributed by atoms with van der Waals surface area (Å²) in [6, 6.07) is 9.53. The fourth-order valence-electron chi connectivity index (χ4n) is 2.83. The van der Waals surface area contributed by atoms with Gasteiger partial charge in [0.25, 0.3) is 0 Å². The van der Waals surface area contributed by atoms with Crippen molar-refractivity contribution >= 4 is 12.0 Å². The minimum atomic E-state index is -1.62. The maximum atomic E-state index is 11.9. The second-order valence-electron chi connectivity index (χ2n) is 6.84. The molecule has 1 aliphatic heterocycles. The lowest BCUT2D eigenvalue weighted by atomic mass is 9.99. The highest BCUT2D eigenvalue weighted by Crippen LogP contribution is 2.26. The minimum absolute atomic E-state index is 0.00766. The van der Waals surface area contributed by atoms with Crippen LogP contribution in [-0.2, 0) is 14.3 Å². The second kappa shape index (κ2) is 9.67. The highest BCUT2D eigenvalue weighted by molar-refractivity contribution is 5.87. The molecule has 10 nitrogen and oxygen atoms in total. The molecule has 3 rings (SSSR count). The van der Waals surface area contributed by atoms with Crippen molar-refractivity contribution < 1.29 is 49.6 Å². The van der Waals surface area contributed by atoms with Crippen LogP contribution < -0.4 is 4.74 Å². The van der Waals surface area contributed by atoms with Gasteiger partial charge in [-0.1, -0.05) is 6.07 Å². The topological polar surface area (TPSA) is 166 Å². The molecule has 2 aromatic carbocycles. The molecule has 0 spiro atoms. The van der Waals surface area contributed by atoms with Crippen LogP contribution in [0.3, 0.4) is 0 Å². The molecule has 0 aliphatic carbocycles. The number of benzene rings is 2. The molecular formula is C21H22O10. The minimum Gasteiger partial charge on any atom is -0.508 e. The summed E-state index contributed by atoms with van der Waals surface area (Å²) in [5.74, 6) is -1.19. The first kappa shape index (κ1) is 22.4. The Bertz CT molecular complexity index is 926. The summed E-state index contributed by atoms with van der Waals surface area (Å²) in [6.45, 7) is -0.440. The standard InChI is InChI=1S/C21H22O10/c22-12-3-5-13(6-4-12)30-21-20(28)19(27)18(26)16(31-21)10-29-17(25)8-2-11-1-7-14(23)15(24)9-11/h1-9,16,18-24,26-28H,10H2/b8-2+/t16-,18-,19+,20-,21+/m1/s1. The van der Waals surface area contributed by atoms with E-state index in [1.54, 1.807) is 0 Å². The first-order chi connectivity index (χ1) is 14.7. The Labute approximate surface area is 176 Å². The van der Waals surface area contributed by atoms with Gasteiger partial charge in [-0.15, -0.1) is 0 Å². The van der Waals surface area contributed by atoms with Crippen LogP contribution in [-0.4, -0.2) is 73.9 Å². The largest absolute Gasteiger partial charge is 0.508 e. The SMILES string of the molecule is O=C(/C=C/c1ccc(O)c(O)c1)OC[C@H]1O[C@H](Oc2ccc(O)cc2)[C@H](O)[C@@H](O)[C@@H]1O. The van der Waals surface area contributed by atoms with Crippen LogP contribution in [0.5, 0.6) is 23.0 Å². The Morgan fingerprint density at radius 3 is 2.32 bits per heavy atom. The van der Waals surface area contributed by atoms with Gasteiger partial charge >= 0.3 is 5.97 Å². The molecule has 1 aliphatic rings. The number of carbonyl (C=O) groups excluding carboxylic acids is 1. The van der Waals surface area contributed by atoms with Crippen LogP contribution >= 0.6 is 0 Å². The van der Waals surface area contributed by atoms with Gasteiger partial charge in [-0.3, -0.25) is 0 Å². The molecule has 31 heavy (non-hydrogen) atoms. The van der Waals surface area contributed by atoms with Crippen LogP contribution in [0.4, 0.5) is 0 Å². The fourth-order valence-corrected chi connectivity index (χ4v) is 2.83. The van der Waals surface area contributed by atoms with Crippen molar-refractivity contribution in [1.82, 2.24) is 0 Å². The van der Waals surface area contributed by atoms with Crippen molar-refractivity contribution in [3.05, 3.63) is 54.1 Å². The molecule has 10 heteroatoms. The first-order valence-electron chi connectivity index (χ1n) is 9.27. The lowest BCUT2D eigenvalue weighted by Crippen LogP contribution is -2.60. The molecule has 1 fully saturated rings. The Kier molecular flexibility index (Phi) is 6.98. The lowest BCUT2D eigenvalue weighted by molar-refractivity contribution is -0.278. The molecule has 166 valence electrons. The summed E-state index contributed by atoms with van der Waals surface area (Å²) in [5.41, 5.74) is 0.433. The smallest absolute Gasteiger partial charge is 0.330 e. The van der Waals surface area contributed by atoms with Gasteiger partial charge in [0.15, 0.2) is 11.5 Å². The van der Waals surface area contributed by atoms with Gasteiger partial charge in [0, 0.05) is 6.08 Å². The van der Waals surface area contributed by atoms with Gasteiger partial charge in [-0.25, -0.2) is 4.79 Å². The zero-order chi connectivity index (χ0) is 22.5. The van der Waals surface area contributed by atoms with Gasteiger partial charge in [-0.2, -0.15) is 0 Å². The summed E-state index contributed by atoms with van der Waals surface area (Å²) < 4.78 is 15.9. The van der Waals surface area contributed by atoms with E-state index in [2.05, 4.69) is 0 Å². The van der Waals surface area contributed by atoms with Gasteiger partial charge in [0.05, 0.1) is 0 Å². The molecule has 0 saturated carbocycles. The summed E-state index contributed by atoms with van der Waals surface area (Å²) >= 11 is 0. The third-order valence-corrected chi connectivity index (χ3v) is 4.56. The van der Waals surface area contributed by atoms with E-state index in [9.17, 15) is 35.4 Å². The summed E-state index contributed by atoms with van der Waals surface area (Å²) in [6.07, 6.45) is -4.86. The number of phenolic OH excluding ortho intramolecular Hbond substituents is 3. The Morgan fingerprint density at radius 1 is 0.935 bits per heavy atom. The maximum Gasteiger partial charge on any atom is 0.330 e. The predicted molar refractivity (Wildman–Crippen MR) is 105 cm³/mol. The van der Waals surface area contributed by atoms with Crippen molar-refractivity contribution in [2.75, 3.05) is 6.61 Å². The molecular weight excluding hydrogens is 412 g/mol. The van der Waals surface area contributed by atoms with Crippen molar-refractivity contribution in [3.8, 4) is 23.0 Å². The molecule has 0 aromatic heterocycles. The third-order valence-electron chi connectivity index (χ3n) is 4.56. The highest BCUT2D eigenvalue weighted by Gasteiger charge is 2.45. The zero-order valence-corrected chi connectivity index (χ0v) is 16.1. The average Bonchev–Trinajstić information content (AvgIpc) is 2.75. The van der Waals surface area contributed by atoms with Gasteiger partial charge < -0.3 is 44.8 Å². The molecule has 0 unspecified atom stereocenters. The summed E-state index contributed by atoms with van der Waals surface area (Å²) in [5, 5.41) is 58.3. The number of phenols is 3. The number of aliphatic hydroxyl groups excluding tert-OH is 3.